The quantitative estimate of drug-likeness (QED) is 0.798. The number of carboxylic acid groups (broad SMARTS) is 1. The summed E-state index contributed by atoms with van der Waals surface area (Å²) in [5.74, 6) is 0.210. The second-order valence-corrected chi connectivity index (χ2v) is 7.92. The number of sulfonamides is 1. The number of piperidine rings is 1. The first kappa shape index (κ1) is 15.8. The van der Waals surface area contributed by atoms with Crippen LogP contribution in [0.1, 0.15) is 26.2 Å². The zero-order valence-electron chi connectivity index (χ0n) is 10.8. The largest absolute Gasteiger partial charge is 0.480 e. The summed E-state index contributed by atoms with van der Waals surface area (Å²) in [6.07, 6.45) is 3.67. The van der Waals surface area contributed by atoms with Gasteiger partial charge in [-0.2, -0.15) is 0 Å². The van der Waals surface area contributed by atoms with E-state index in [-0.39, 0.29) is 11.2 Å². The van der Waals surface area contributed by atoms with Crippen LogP contribution in [0.5, 0.6) is 0 Å². The first-order valence-corrected chi connectivity index (χ1v) is 9.03. The highest BCUT2D eigenvalue weighted by atomic mass is 32.2. The Balaban J connectivity index is 2.46. The van der Waals surface area contributed by atoms with Gasteiger partial charge >= 0.3 is 5.97 Å². The van der Waals surface area contributed by atoms with Gasteiger partial charge in [-0.3, -0.25) is 4.79 Å². The van der Waals surface area contributed by atoms with Crippen LogP contribution in [0.25, 0.3) is 0 Å². The molecule has 0 aromatic heterocycles. The molecule has 7 heteroatoms. The third-order valence-corrected chi connectivity index (χ3v) is 6.00. The van der Waals surface area contributed by atoms with E-state index in [1.807, 2.05) is 6.92 Å². The average Bonchev–Trinajstić information content (AvgIpc) is 2.28. The first-order chi connectivity index (χ1) is 8.34. The number of nitrogens with zero attached hydrogens (tertiary/aromatic N) is 1. The van der Waals surface area contributed by atoms with E-state index in [1.165, 1.54) is 22.3 Å². The topological polar surface area (TPSA) is 74.7 Å². The molecule has 0 spiro atoms. The normalized spacial score (nSPS) is 23.8. The number of carbonyl (C=O) groups is 1. The van der Waals surface area contributed by atoms with Crippen LogP contribution in [0.4, 0.5) is 0 Å². The number of rotatable bonds is 6. The molecule has 1 rings (SSSR count). The summed E-state index contributed by atoms with van der Waals surface area (Å²) in [4.78, 5) is 10.9. The molecule has 2 unspecified atom stereocenters. The summed E-state index contributed by atoms with van der Waals surface area (Å²) in [6, 6.07) is 0. The molecule has 18 heavy (non-hydrogen) atoms. The zero-order valence-corrected chi connectivity index (χ0v) is 12.5. The van der Waals surface area contributed by atoms with Crippen LogP contribution in [0, 0.1) is 5.92 Å². The molecule has 0 aliphatic carbocycles. The third-order valence-electron chi connectivity index (χ3n) is 3.13. The molecular formula is C11H21NO4S2. The van der Waals surface area contributed by atoms with Crippen LogP contribution < -0.4 is 0 Å². The van der Waals surface area contributed by atoms with Crippen molar-refractivity contribution in [1.29, 1.82) is 0 Å². The molecule has 1 fully saturated rings. The van der Waals surface area contributed by atoms with Gasteiger partial charge in [-0.1, -0.05) is 6.92 Å². The minimum atomic E-state index is -3.11. The number of thioether (sulfide) groups is 1. The number of aliphatic carboxylic acids is 1. The predicted octanol–water partition coefficient (Wildman–Crippen LogP) is 1.25. The van der Waals surface area contributed by atoms with Gasteiger partial charge < -0.3 is 5.11 Å². The van der Waals surface area contributed by atoms with E-state index in [1.54, 1.807) is 0 Å². The molecule has 0 amide bonds. The molecule has 2 atom stereocenters. The van der Waals surface area contributed by atoms with Gasteiger partial charge in [-0.15, -0.1) is 11.8 Å². The van der Waals surface area contributed by atoms with Crippen molar-refractivity contribution in [3.8, 4) is 0 Å². The van der Waals surface area contributed by atoms with Gasteiger partial charge in [0.25, 0.3) is 0 Å². The Morgan fingerprint density at radius 2 is 2.22 bits per heavy atom. The molecule has 1 saturated heterocycles. The summed E-state index contributed by atoms with van der Waals surface area (Å²) < 4.78 is 24.4. The van der Waals surface area contributed by atoms with E-state index in [9.17, 15) is 13.2 Å². The highest BCUT2D eigenvalue weighted by Gasteiger charge is 2.27. The van der Waals surface area contributed by atoms with Gasteiger partial charge in [-0.05, 0) is 30.9 Å². The minimum absolute atomic E-state index is 0.270. The molecule has 0 bridgehead atoms. The number of hydrogen-bond donors (Lipinski definition) is 1. The van der Waals surface area contributed by atoms with Gasteiger partial charge in [0.05, 0.1) is 6.26 Å². The van der Waals surface area contributed by atoms with Crippen molar-refractivity contribution in [3.05, 3.63) is 0 Å². The first-order valence-electron chi connectivity index (χ1n) is 6.14. The summed E-state index contributed by atoms with van der Waals surface area (Å²) in [5.41, 5.74) is 0. The van der Waals surface area contributed by atoms with E-state index in [0.717, 1.165) is 18.6 Å². The lowest BCUT2D eigenvalue weighted by molar-refractivity contribution is -0.136. The molecular weight excluding hydrogens is 274 g/mol. The predicted molar refractivity (Wildman–Crippen MR) is 73.3 cm³/mol. The minimum Gasteiger partial charge on any atom is -0.480 e. The molecule has 0 aromatic rings. The Morgan fingerprint density at radius 1 is 1.56 bits per heavy atom. The van der Waals surface area contributed by atoms with E-state index in [4.69, 9.17) is 5.11 Å². The van der Waals surface area contributed by atoms with E-state index >= 15 is 0 Å². The fourth-order valence-electron chi connectivity index (χ4n) is 2.08. The van der Waals surface area contributed by atoms with Crippen LogP contribution >= 0.6 is 11.8 Å². The third kappa shape index (κ3) is 4.78. The van der Waals surface area contributed by atoms with Crippen molar-refractivity contribution in [1.82, 2.24) is 4.31 Å². The van der Waals surface area contributed by atoms with Crippen LogP contribution in [0.2, 0.25) is 0 Å². The Hall–Kier alpha value is -0.270. The van der Waals surface area contributed by atoms with Crippen LogP contribution in [-0.2, 0) is 14.8 Å². The fourth-order valence-corrected chi connectivity index (χ4v) is 4.18. The maximum absolute atomic E-state index is 11.5. The van der Waals surface area contributed by atoms with Gasteiger partial charge in [0.2, 0.25) is 10.0 Å². The Labute approximate surface area is 113 Å². The molecule has 106 valence electrons. The molecule has 1 heterocycles. The van der Waals surface area contributed by atoms with Crippen molar-refractivity contribution in [2.45, 2.75) is 31.4 Å². The van der Waals surface area contributed by atoms with Gasteiger partial charge in [0.1, 0.15) is 5.25 Å². The Kier molecular flexibility index (Phi) is 5.94. The van der Waals surface area contributed by atoms with Crippen molar-refractivity contribution in [2.24, 2.45) is 5.92 Å². The van der Waals surface area contributed by atoms with E-state index in [2.05, 4.69) is 0 Å². The Bertz CT molecular complexity index is 383. The zero-order chi connectivity index (χ0) is 13.8. The summed E-state index contributed by atoms with van der Waals surface area (Å²) in [7, 11) is -3.11. The summed E-state index contributed by atoms with van der Waals surface area (Å²) in [5, 5.41) is 8.58. The van der Waals surface area contributed by atoms with Crippen molar-refractivity contribution >= 4 is 27.8 Å². The standard InChI is InChI=1S/C11H21NO4S2/c1-3-10(11(13)14)17-8-9-5-4-6-12(7-9)18(2,15)16/h9-10H,3-8H2,1-2H3,(H,13,14). The molecule has 1 aliphatic rings. The van der Waals surface area contributed by atoms with E-state index < -0.39 is 16.0 Å². The maximum Gasteiger partial charge on any atom is 0.316 e. The SMILES string of the molecule is CCC(SCC1CCCN(S(C)(=O)=O)C1)C(=O)O. The van der Waals surface area contributed by atoms with Gasteiger partial charge in [-0.25, -0.2) is 12.7 Å². The van der Waals surface area contributed by atoms with Crippen LogP contribution in [0.15, 0.2) is 0 Å². The summed E-state index contributed by atoms with van der Waals surface area (Å²) in [6.45, 7) is 2.98. The van der Waals surface area contributed by atoms with Crippen molar-refractivity contribution in [3.63, 3.8) is 0 Å². The lowest BCUT2D eigenvalue weighted by Gasteiger charge is -2.31. The van der Waals surface area contributed by atoms with Crippen molar-refractivity contribution < 1.29 is 18.3 Å². The second-order valence-electron chi connectivity index (χ2n) is 4.70. The van der Waals surface area contributed by atoms with Crippen molar-refractivity contribution in [2.75, 3.05) is 25.1 Å². The molecule has 0 aromatic carbocycles. The lowest BCUT2D eigenvalue weighted by Crippen LogP contribution is -2.40. The molecule has 0 saturated carbocycles. The van der Waals surface area contributed by atoms with Crippen LogP contribution in [-0.4, -0.2) is 54.1 Å². The molecule has 5 nitrogen and oxygen atoms in total. The highest BCUT2D eigenvalue weighted by molar-refractivity contribution is 8.00. The van der Waals surface area contributed by atoms with Gasteiger partial charge in [0.15, 0.2) is 0 Å². The molecule has 1 aliphatic heterocycles. The second kappa shape index (κ2) is 6.77. The van der Waals surface area contributed by atoms with Gasteiger partial charge in [0, 0.05) is 13.1 Å². The Morgan fingerprint density at radius 3 is 2.72 bits per heavy atom. The van der Waals surface area contributed by atoms with Crippen LogP contribution in [0.3, 0.4) is 0 Å². The lowest BCUT2D eigenvalue weighted by atomic mass is 10.0. The smallest absolute Gasteiger partial charge is 0.316 e. The molecule has 1 N–H and O–H groups in total. The monoisotopic (exact) mass is 295 g/mol. The maximum atomic E-state index is 11.5. The van der Waals surface area contributed by atoms with E-state index in [0.29, 0.717) is 19.5 Å². The fraction of sp³-hybridized carbons (Fsp3) is 0.909. The number of carboxylic acids is 1. The number of hydrogen-bond acceptors (Lipinski definition) is 4. The summed E-state index contributed by atoms with van der Waals surface area (Å²) >= 11 is 1.43. The average molecular weight is 295 g/mol. The highest BCUT2D eigenvalue weighted by Crippen LogP contribution is 2.25. The molecule has 0 radical (unpaired) electrons.